The molecule has 1 heterocycles. The molecule has 1 unspecified atom stereocenters. The Morgan fingerprint density at radius 2 is 1.79 bits per heavy atom. The van der Waals surface area contributed by atoms with Gasteiger partial charge in [0.2, 0.25) is 0 Å². The average molecular weight is 288 g/mol. The van der Waals surface area contributed by atoms with Crippen molar-refractivity contribution in [2.75, 3.05) is 25.4 Å². The van der Waals surface area contributed by atoms with Crippen molar-refractivity contribution in [3.05, 3.63) is 0 Å². The zero-order valence-electron chi connectivity index (χ0n) is 13.1. The van der Waals surface area contributed by atoms with Crippen molar-refractivity contribution in [1.29, 1.82) is 0 Å². The second-order valence-corrected chi connectivity index (χ2v) is 7.10. The lowest BCUT2D eigenvalue weighted by atomic mass is 9.80. The minimum absolute atomic E-state index is 0.378. The largest absolute Gasteiger partial charge is 0.390 e. The van der Waals surface area contributed by atoms with Gasteiger partial charge in [0.15, 0.2) is 0 Å². The molecule has 0 radical (unpaired) electrons. The third-order valence-electron chi connectivity index (χ3n) is 4.61. The van der Waals surface area contributed by atoms with Gasteiger partial charge in [-0.3, -0.25) is 0 Å². The molecular formula is C16H33NOS. The smallest absolute Gasteiger partial charge is 0.0632 e. The van der Waals surface area contributed by atoms with Crippen LogP contribution in [0, 0.1) is 5.41 Å². The summed E-state index contributed by atoms with van der Waals surface area (Å²) in [7, 11) is 0. The van der Waals surface area contributed by atoms with Crippen LogP contribution in [-0.2, 0) is 0 Å². The third kappa shape index (κ3) is 5.65. The van der Waals surface area contributed by atoms with Crippen LogP contribution in [-0.4, -0.2) is 41.0 Å². The first-order valence-electron chi connectivity index (χ1n) is 8.02. The van der Waals surface area contributed by atoms with Crippen LogP contribution in [0.3, 0.4) is 0 Å². The van der Waals surface area contributed by atoms with E-state index in [2.05, 4.69) is 31.4 Å². The molecule has 1 N–H and O–H groups in total. The van der Waals surface area contributed by atoms with Crippen LogP contribution in [0.4, 0.5) is 0 Å². The molecule has 0 spiro atoms. The highest BCUT2D eigenvalue weighted by Gasteiger charge is 2.32. The van der Waals surface area contributed by atoms with Gasteiger partial charge in [-0.2, -0.15) is 12.6 Å². The van der Waals surface area contributed by atoms with Crippen LogP contribution in [0.15, 0.2) is 0 Å². The highest BCUT2D eigenvalue weighted by molar-refractivity contribution is 7.80. The Labute approximate surface area is 125 Å². The number of hydrogen-bond donors (Lipinski definition) is 2. The number of thiol groups is 1. The fraction of sp³-hybridized carbons (Fsp3) is 1.00. The maximum absolute atomic E-state index is 10.2. The molecule has 1 saturated heterocycles. The predicted molar refractivity (Wildman–Crippen MR) is 87.0 cm³/mol. The van der Waals surface area contributed by atoms with Crippen molar-refractivity contribution in [3.63, 3.8) is 0 Å². The van der Waals surface area contributed by atoms with Gasteiger partial charge in [0.1, 0.15) is 0 Å². The molecule has 19 heavy (non-hydrogen) atoms. The van der Waals surface area contributed by atoms with Gasteiger partial charge in [-0.05, 0) is 56.7 Å². The van der Waals surface area contributed by atoms with Crippen molar-refractivity contribution >= 4 is 12.6 Å². The quantitative estimate of drug-likeness (QED) is 0.697. The fourth-order valence-corrected chi connectivity index (χ4v) is 3.92. The van der Waals surface area contributed by atoms with E-state index in [0.29, 0.717) is 5.41 Å². The van der Waals surface area contributed by atoms with Gasteiger partial charge >= 0.3 is 0 Å². The van der Waals surface area contributed by atoms with Gasteiger partial charge in [0.05, 0.1) is 5.60 Å². The van der Waals surface area contributed by atoms with Crippen LogP contribution in [0.25, 0.3) is 0 Å². The van der Waals surface area contributed by atoms with Crippen molar-refractivity contribution < 1.29 is 5.11 Å². The molecule has 1 rings (SSSR count). The zero-order chi connectivity index (χ0) is 14.4. The molecule has 1 aliphatic rings. The first kappa shape index (κ1) is 17.3. The van der Waals surface area contributed by atoms with E-state index in [1.807, 2.05) is 6.92 Å². The molecule has 0 saturated carbocycles. The van der Waals surface area contributed by atoms with E-state index in [9.17, 15) is 5.11 Å². The molecule has 0 aromatic rings. The summed E-state index contributed by atoms with van der Waals surface area (Å²) in [5.41, 5.74) is -0.0727. The molecule has 114 valence electrons. The van der Waals surface area contributed by atoms with Crippen LogP contribution in [0.2, 0.25) is 0 Å². The van der Waals surface area contributed by atoms with Gasteiger partial charge in [-0.1, -0.05) is 26.7 Å². The van der Waals surface area contributed by atoms with E-state index >= 15 is 0 Å². The normalized spacial score (nSPS) is 26.4. The molecule has 0 aliphatic carbocycles. The molecule has 1 fully saturated rings. The number of aliphatic hydroxyl groups is 1. The minimum Gasteiger partial charge on any atom is -0.390 e. The van der Waals surface area contributed by atoms with Gasteiger partial charge < -0.3 is 10.0 Å². The van der Waals surface area contributed by atoms with Crippen molar-refractivity contribution in [2.24, 2.45) is 5.41 Å². The molecule has 0 amide bonds. The van der Waals surface area contributed by atoms with E-state index in [1.54, 1.807) is 0 Å². The second kappa shape index (κ2) is 7.90. The maximum Gasteiger partial charge on any atom is 0.0632 e. The Kier molecular flexibility index (Phi) is 7.20. The van der Waals surface area contributed by atoms with Gasteiger partial charge in [0.25, 0.3) is 0 Å². The summed E-state index contributed by atoms with van der Waals surface area (Å²) in [5.74, 6) is 0.988. The first-order valence-corrected chi connectivity index (χ1v) is 8.66. The molecule has 0 aromatic carbocycles. The zero-order valence-corrected chi connectivity index (χ0v) is 14.0. The average Bonchev–Trinajstić information content (AvgIpc) is 2.51. The summed E-state index contributed by atoms with van der Waals surface area (Å²) in [4.78, 5) is 2.57. The summed E-state index contributed by atoms with van der Waals surface area (Å²) in [6.07, 6.45) is 8.01. The van der Waals surface area contributed by atoms with Crippen molar-refractivity contribution in [3.8, 4) is 0 Å². The van der Waals surface area contributed by atoms with E-state index < -0.39 is 5.60 Å². The van der Waals surface area contributed by atoms with Crippen LogP contribution < -0.4 is 0 Å². The number of hydrogen-bond acceptors (Lipinski definition) is 3. The molecule has 2 nitrogen and oxygen atoms in total. The summed E-state index contributed by atoms with van der Waals surface area (Å²) in [5, 5.41) is 10.2. The summed E-state index contributed by atoms with van der Waals surface area (Å²) in [6.45, 7) is 9.88. The predicted octanol–water partition coefficient (Wildman–Crippen LogP) is 3.74. The summed E-state index contributed by atoms with van der Waals surface area (Å²) >= 11 is 4.65. The van der Waals surface area contributed by atoms with Crippen LogP contribution in [0.5, 0.6) is 0 Å². The topological polar surface area (TPSA) is 23.5 Å². The lowest BCUT2D eigenvalue weighted by molar-refractivity contribution is 0.0426. The Morgan fingerprint density at radius 3 is 2.32 bits per heavy atom. The highest BCUT2D eigenvalue weighted by atomic mass is 32.1. The van der Waals surface area contributed by atoms with Crippen molar-refractivity contribution in [2.45, 2.75) is 71.3 Å². The highest BCUT2D eigenvalue weighted by Crippen LogP contribution is 2.33. The Balaban J connectivity index is 2.62. The first-order chi connectivity index (χ1) is 8.97. The second-order valence-electron chi connectivity index (χ2n) is 6.78. The van der Waals surface area contributed by atoms with Gasteiger partial charge in [-0.15, -0.1) is 0 Å². The summed E-state index contributed by atoms with van der Waals surface area (Å²) < 4.78 is 0. The lowest BCUT2D eigenvalue weighted by Crippen LogP contribution is -2.40. The molecule has 0 bridgehead atoms. The van der Waals surface area contributed by atoms with Gasteiger partial charge in [-0.25, -0.2) is 0 Å². The molecule has 1 atom stereocenters. The Hall–Kier alpha value is 0.270. The SMILES string of the molecule is CCCC(CS)(CCC)CN1CCCC(C)(O)CC1. The maximum atomic E-state index is 10.2. The number of rotatable bonds is 7. The van der Waals surface area contributed by atoms with Crippen LogP contribution in [0.1, 0.15) is 65.7 Å². The Bertz CT molecular complexity index is 249. The molecule has 0 aromatic heterocycles. The van der Waals surface area contributed by atoms with E-state index in [-0.39, 0.29) is 0 Å². The molecular weight excluding hydrogens is 254 g/mol. The van der Waals surface area contributed by atoms with Gasteiger partial charge in [0, 0.05) is 13.1 Å². The molecule has 1 aliphatic heterocycles. The Morgan fingerprint density at radius 1 is 1.16 bits per heavy atom. The standard InChI is InChI=1S/C16H33NOS/c1-4-7-16(14-19,8-5-2)13-17-11-6-9-15(3,18)10-12-17/h18-19H,4-14H2,1-3H3. The number of nitrogens with zero attached hydrogens (tertiary/aromatic N) is 1. The lowest BCUT2D eigenvalue weighted by Gasteiger charge is -2.37. The fourth-order valence-electron chi connectivity index (χ4n) is 3.50. The van der Waals surface area contributed by atoms with Crippen molar-refractivity contribution in [1.82, 2.24) is 4.90 Å². The van der Waals surface area contributed by atoms with E-state index in [0.717, 1.165) is 44.6 Å². The molecule has 3 heteroatoms. The monoisotopic (exact) mass is 287 g/mol. The van der Waals surface area contributed by atoms with E-state index in [4.69, 9.17) is 0 Å². The third-order valence-corrected chi connectivity index (χ3v) is 5.28. The minimum atomic E-state index is -0.451. The van der Waals surface area contributed by atoms with E-state index in [1.165, 1.54) is 25.7 Å². The summed E-state index contributed by atoms with van der Waals surface area (Å²) in [6, 6.07) is 0. The number of likely N-dealkylation sites (tertiary alicyclic amines) is 1. The van der Waals surface area contributed by atoms with Crippen LogP contribution >= 0.6 is 12.6 Å².